The van der Waals surface area contributed by atoms with E-state index in [-0.39, 0.29) is 23.8 Å². The van der Waals surface area contributed by atoms with Gasteiger partial charge in [-0.3, -0.25) is 9.59 Å². The number of para-hydroxylation sites is 1. The number of nitrogens with one attached hydrogen (secondary N) is 2. The van der Waals surface area contributed by atoms with Crippen LogP contribution in [-0.4, -0.2) is 49.5 Å². The molecule has 6 heteroatoms. The Hall–Kier alpha value is -2.08. The predicted molar refractivity (Wildman–Crippen MR) is 99.9 cm³/mol. The Kier molecular flexibility index (Phi) is 6.14. The van der Waals surface area contributed by atoms with Gasteiger partial charge in [-0.05, 0) is 25.8 Å². The van der Waals surface area contributed by atoms with E-state index in [0.717, 1.165) is 43.5 Å². The number of ether oxygens (including phenoxy) is 1. The fourth-order valence-electron chi connectivity index (χ4n) is 4.02. The standard InChI is InChI=1S/C20H29N3O3/c1-14(22-19(24)15-7-3-4-8-15)20(25)23-12-11-21-13-17(23)16-9-5-6-10-18(16)26-2/h5-6,9-10,14-15,17,21H,3-4,7-8,11-13H2,1-2H3,(H,22,24). The Morgan fingerprint density at radius 1 is 1.27 bits per heavy atom. The van der Waals surface area contributed by atoms with Crippen LogP contribution < -0.4 is 15.4 Å². The molecule has 1 saturated heterocycles. The van der Waals surface area contributed by atoms with Gasteiger partial charge in [-0.2, -0.15) is 0 Å². The lowest BCUT2D eigenvalue weighted by Gasteiger charge is -2.38. The highest BCUT2D eigenvalue weighted by Gasteiger charge is 2.33. The first-order valence-electron chi connectivity index (χ1n) is 9.56. The highest BCUT2D eigenvalue weighted by atomic mass is 16.5. The van der Waals surface area contributed by atoms with Crippen LogP contribution in [0.3, 0.4) is 0 Å². The number of benzene rings is 1. The monoisotopic (exact) mass is 359 g/mol. The fourth-order valence-corrected chi connectivity index (χ4v) is 4.02. The lowest BCUT2D eigenvalue weighted by molar-refractivity contribution is -0.139. The normalized spacial score (nSPS) is 22.1. The third-order valence-electron chi connectivity index (χ3n) is 5.48. The molecule has 142 valence electrons. The molecule has 1 heterocycles. The Balaban J connectivity index is 1.72. The molecule has 1 saturated carbocycles. The van der Waals surface area contributed by atoms with Gasteiger partial charge in [0.2, 0.25) is 11.8 Å². The van der Waals surface area contributed by atoms with E-state index in [0.29, 0.717) is 13.1 Å². The minimum Gasteiger partial charge on any atom is -0.496 e. The van der Waals surface area contributed by atoms with Gasteiger partial charge in [0.25, 0.3) is 0 Å². The second-order valence-electron chi connectivity index (χ2n) is 7.21. The number of amides is 2. The summed E-state index contributed by atoms with van der Waals surface area (Å²) >= 11 is 0. The number of methoxy groups -OCH3 is 1. The highest BCUT2D eigenvalue weighted by Crippen LogP contribution is 2.30. The van der Waals surface area contributed by atoms with Crippen molar-refractivity contribution in [1.29, 1.82) is 0 Å². The number of hydrogen-bond acceptors (Lipinski definition) is 4. The number of carbonyl (C=O) groups is 2. The third kappa shape index (κ3) is 4.01. The molecule has 2 atom stereocenters. The van der Waals surface area contributed by atoms with Crippen LogP contribution in [0.25, 0.3) is 0 Å². The summed E-state index contributed by atoms with van der Waals surface area (Å²) in [6.45, 7) is 3.83. The number of hydrogen-bond donors (Lipinski definition) is 2. The van der Waals surface area contributed by atoms with Crippen molar-refractivity contribution in [3.8, 4) is 5.75 Å². The van der Waals surface area contributed by atoms with E-state index < -0.39 is 6.04 Å². The van der Waals surface area contributed by atoms with Gasteiger partial charge in [0.15, 0.2) is 0 Å². The van der Waals surface area contributed by atoms with E-state index in [1.807, 2.05) is 29.2 Å². The smallest absolute Gasteiger partial charge is 0.245 e. The molecule has 1 aliphatic carbocycles. The van der Waals surface area contributed by atoms with Crippen molar-refractivity contribution in [2.45, 2.75) is 44.7 Å². The zero-order valence-corrected chi connectivity index (χ0v) is 15.7. The van der Waals surface area contributed by atoms with Crippen molar-refractivity contribution in [3.63, 3.8) is 0 Å². The van der Waals surface area contributed by atoms with Crippen LogP contribution >= 0.6 is 0 Å². The molecule has 0 bridgehead atoms. The van der Waals surface area contributed by atoms with Crippen molar-refractivity contribution in [3.05, 3.63) is 29.8 Å². The third-order valence-corrected chi connectivity index (χ3v) is 5.48. The van der Waals surface area contributed by atoms with Gasteiger partial charge in [-0.25, -0.2) is 0 Å². The van der Waals surface area contributed by atoms with Gasteiger partial charge < -0.3 is 20.3 Å². The van der Waals surface area contributed by atoms with Gasteiger partial charge >= 0.3 is 0 Å². The molecule has 26 heavy (non-hydrogen) atoms. The second kappa shape index (κ2) is 8.54. The van der Waals surface area contributed by atoms with Crippen molar-refractivity contribution in [2.24, 2.45) is 5.92 Å². The van der Waals surface area contributed by atoms with Gasteiger partial charge in [0.05, 0.1) is 13.2 Å². The first-order chi connectivity index (χ1) is 12.6. The summed E-state index contributed by atoms with van der Waals surface area (Å²) in [5.74, 6) is 0.834. The van der Waals surface area contributed by atoms with Crippen molar-refractivity contribution < 1.29 is 14.3 Å². The molecule has 2 amide bonds. The zero-order valence-electron chi connectivity index (χ0n) is 15.7. The molecular formula is C20H29N3O3. The first kappa shape index (κ1) is 18.7. The zero-order chi connectivity index (χ0) is 18.5. The maximum Gasteiger partial charge on any atom is 0.245 e. The number of nitrogens with zero attached hydrogens (tertiary/aromatic N) is 1. The molecule has 0 spiro atoms. The van der Waals surface area contributed by atoms with E-state index in [4.69, 9.17) is 4.74 Å². The molecule has 1 aromatic rings. The average Bonchev–Trinajstić information content (AvgIpc) is 3.22. The van der Waals surface area contributed by atoms with Crippen LogP contribution in [0.4, 0.5) is 0 Å². The van der Waals surface area contributed by atoms with E-state index in [1.165, 1.54) is 0 Å². The summed E-state index contributed by atoms with van der Waals surface area (Å²) in [6, 6.07) is 7.18. The number of piperazine rings is 1. The predicted octanol–water partition coefficient (Wildman–Crippen LogP) is 1.86. The molecule has 1 aromatic carbocycles. The maximum absolute atomic E-state index is 13.1. The molecule has 3 rings (SSSR count). The summed E-state index contributed by atoms with van der Waals surface area (Å²) < 4.78 is 5.48. The van der Waals surface area contributed by atoms with Crippen molar-refractivity contribution in [1.82, 2.24) is 15.5 Å². The van der Waals surface area contributed by atoms with Crippen LogP contribution in [0.1, 0.15) is 44.2 Å². The second-order valence-corrected chi connectivity index (χ2v) is 7.21. The van der Waals surface area contributed by atoms with Crippen LogP contribution in [-0.2, 0) is 9.59 Å². The lowest BCUT2D eigenvalue weighted by Crippen LogP contribution is -2.55. The molecule has 0 aromatic heterocycles. The van der Waals surface area contributed by atoms with E-state index in [1.54, 1.807) is 14.0 Å². The van der Waals surface area contributed by atoms with Crippen molar-refractivity contribution >= 4 is 11.8 Å². The quantitative estimate of drug-likeness (QED) is 0.842. The Morgan fingerprint density at radius 3 is 2.73 bits per heavy atom. The molecule has 2 N–H and O–H groups in total. The molecule has 2 fully saturated rings. The summed E-state index contributed by atoms with van der Waals surface area (Å²) in [6.07, 6.45) is 4.08. The molecule has 0 radical (unpaired) electrons. The first-order valence-corrected chi connectivity index (χ1v) is 9.56. The van der Waals surface area contributed by atoms with Crippen LogP contribution in [0.5, 0.6) is 5.75 Å². The highest BCUT2D eigenvalue weighted by molar-refractivity contribution is 5.88. The molecule has 2 aliphatic rings. The van der Waals surface area contributed by atoms with Crippen LogP contribution in [0.2, 0.25) is 0 Å². The maximum atomic E-state index is 13.1. The summed E-state index contributed by atoms with van der Waals surface area (Å²) in [7, 11) is 1.64. The van der Waals surface area contributed by atoms with E-state index >= 15 is 0 Å². The van der Waals surface area contributed by atoms with Gasteiger partial charge in [-0.1, -0.05) is 31.0 Å². The minimum atomic E-state index is -0.515. The number of rotatable bonds is 5. The van der Waals surface area contributed by atoms with Crippen LogP contribution in [0.15, 0.2) is 24.3 Å². The molecule has 2 unspecified atom stereocenters. The minimum absolute atomic E-state index is 0.0207. The fraction of sp³-hybridized carbons (Fsp3) is 0.600. The summed E-state index contributed by atoms with van der Waals surface area (Å²) in [5.41, 5.74) is 0.991. The Bertz CT molecular complexity index is 643. The summed E-state index contributed by atoms with van der Waals surface area (Å²) in [5, 5.41) is 6.29. The van der Waals surface area contributed by atoms with E-state index in [2.05, 4.69) is 10.6 Å². The van der Waals surface area contributed by atoms with Gasteiger partial charge in [0, 0.05) is 31.1 Å². The van der Waals surface area contributed by atoms with Crippen LogP contribution in [0, 0.1) is 5.92 Å². The van der Waals surface area contributed by atoms with Crippen molar-refractivity contribution in [2.75, 3.05) is 26.7 Å². The number of carbonyl (C=O) groups excluding carboxylic acids is 2. The summed E-state index contributed by atoms with van der Waals surface area (Å²) in [4.78, 5) is 27.3. The molecular weight excluding hydrogens is 330 g/mol. The SMILES string of the molecule is COc1ccccc1C1CNCCN1C(=O)C(C)NC(=O)C1CCCC1. The average molecular weight is 359 g/mol. The Morgan fingerprint density at radius 2 is 2.00 bits per heavy atom. The molecule has 6 nitrogen and oxygen atoms in total. The lowest BCUT2D eigenvalue weighted by atomic mass is 10.0. The molecule has 1 aliphatic heterocycles. The van der Waals surface area contributed by atoms with Gasteiger partial charge in [0.1, 0.15) is 11.8 Å². The van der Waals surface area contributed by atoms with Gasteiger partial charge in [-0.15, -0.1) is 0 Å². The Labute approximate surface area is 155 Å². The largest absolute Gasteiger partial charge is 0.496 e. The topological polar surface area (TPSA) is 70.7 Å². The van der Waals surface area contributed by atoms with E-state index in [9.17, 15) is 9.59 Å².